The Morgan fingerprint density at radius 1 is 1.12 bits per heavy atom. The molecule has 2 atom stereocenters. The first-order chi connectivity index (χ1) is 8.20. The largest absolute Gasteiger partial charge is 0.349 e. The topological polar surface area (TPSA) is 50.7 Å². The monoisotopic (exact) mass is 252 g/mol. The number of hydrogen-bond donors (Lipinski definition) is 1. The van der Waals surface area contributed by atoms with Gasteiger partial charge in [-0.2, -0.15) is 16.9 Å². The summed E-state index contributed by atoms with van der Waals surface area (Å²) in [6, 6.07) is 0.489. The van der Waals surface area contributed by atoms with Gasteiger partial charge in [-0.3, -0.25) is 0 Å². The number of aryl methyl sites for hydroxylation is 2. The van der Waals surface area contributed by atoms with E-state index in [-0.39, 0.29) is 0 Å². The molecule has 0 amide bonds. The molecule has 4 nitrogen and oxygen atoms in total. The third-order valence-corrected chi connectivity index (χ3v) is 4.58. The smallest absolute Gasteiger partial charge is 0.243 e. The first-order valence-electron chi connectivity index (χ1n) is 6.18. The molecule has 0 saturated heterocycles. The molecular weight excluding hydrogens is 232 g/mol. The second-order valence-electron chi connectivity index (χ2n) is 4.62. The molecule has 0 aliphatic heterocycles. The molecule has 94 valence electrons. The molecule has 1 fully saturated rings. The molecule has 0 radical (unpaired) electrons. The average Bonchev–Trinajstić information content (AvgIpc) is 2.34. The average molecular weight is 252 g/mol. The van der Waals surface area contributed by atoms with Crippen molar-refractivity contribution >= 4 is 17.7 Å². The Hall–Kier alpha value is -0.840. The minimum atomic E-state index is 0.489. The van der Waals surface area contributed by atoms with E-state index in [1.165, 1.54) is 25.7 Å². The van der Waals surface area contributed by atoms with Crippen LogP contribution in [0.15, 0.2) is 0 Å². The van der Waals surface area contributed by atoms with Crippen LogP contribution in [-0.4, -0.2) is 32.7 Å². The molecule has 0 spiro atoms. The van der Waals surface area contributed by atoms with Crippen molar-refractivity contribution in [2.24, 2.45) is 0 Å². The Bertz CT molecular complexity index is 383. The highest BCUT2D eigenvalue weighted by molar-refractivity contribution is 7.99. The Morgan fingerprint density at radius 2 is 1.88 bits per heavy atom. The van der Waals surface area contributed by atoms with Crippen LogP contribution < -0.4 is 5.32 Å². The summed E-state index contributed by atoms with van der Waals surface area (Å²) in [6.07, 6.45) is 7.33. The molecule has 1 aliphatic carbocycles. The number of rotatable bonds is 3. The van der Waals surface area contributed by atoms with Crippen molar-refractivity contribution in [3.63, 3.8) is 0 Å². The first-order valence-corrected chi connectivity index (χ1v) is 7.46. The zero-order chi connectivity index (χ0) is 12.3. The van der Waals surface area contributed by atoms with E-state index in [0.29, 0.717) is 17.2 Å². The SMILES string of the molecule is CSC1CCCCC1Nc1nnc(C)c(C)n1. The van der Waals surface area contributed by atoms with Crippen molar-refractivity contribution in [2.75, 3.05) is 11.6 Å². The molecule has 2 unspecified atom stereocenters. The van der Waals surface area contributed by atoms with Crippen LogP contribution in [0.2, 0.25) is 0 Å². The molecule has 1 N–H and O–H groups in total. The van der Waals surface area contributed by atoms with E-state index in [1.54, 1.807) is 0 Å². The number of thioether (sulfide) groups is 1. The van der Waals surface area contributed by atoms with E-state index in [2.05, 4.69) is 26.8 Å². The summed E-state index contributed by atoms with van der Waals surface area (Å²) in [5, 5.41) is 12.4. The Morgan fingerprint density at radius 3 is 2.59 bits per heavy atom. The summed E-state index contributed by atoms with van der Waals surface area (Å²) in [4.78, 5) is 4.44. The van der Waals surface area contributed by atoms with Crippen molar-refractivity contribution in [1.82, 2.24) is 15.2 Å². The van der Waals surface area contributed by atoms with E-state index in [0.717, 1.165) is 11.4 Å². The van der Waals surface area contributed by atoms with Gasteiger partial charge in [0.05, 0.1) is 11.4 Å². The molecule has 1 saturated carbocycles. The van der Waals surface area contributed by atoms with Gasteiger partial charge in [0.15, 0.2) is 0 Å². The first kappa shape index (κ1) is 12.6. The van der Waals surface area contributed by atoms with E-state index in [4.69, 9.17) is 0 Å². The maximum Gasteiger partial charge on any atom is 0.243 e. The summed E-state index contributed by atoms with van der Waals surface area (Å²) in [6.45, 7) is 3.91. The second-order valence-corrected chi connectivity index (χ2v) is 5.69. The highest BCUT2D eigenvalue weighted by Crippen LogP contribution is 2.28. The van der Waals surface area contributed by atoms with Crippen LogP contribution in [0, 0.1) is 13.8 Å². The molecule has 2 rings (SSSR count). The van der Waals surface area contributed by atoms with Gasteiger partial charge in [0.2, 0.25) is 5.95 Å². The fourth-order valence-electron chi connectivity index (χ4n) is 2.23. The highest BCUT2D eigenvalue weighted by Gasteiger charge is 2.24. The summed E-state index contributed by atoms with van der Waals surface area (Å²) >= 11 is 1.94. The number of hydrogen-bond acceptors (Lipinski definition) is 5. The van der Waals surface area contributed by atoms with Gasteiger partial charge in [-0.25, -0.2) is 4.98 Å². The van der Waals surface area contributed by atoms with Crippen LogP contribution in [0.4, 0.5) is 5.95 Å². The van der Waals surface area contributed by atoms with Crippen LogP contribution in [0.3, 0.4) is 0 Å². The summed E-state index contributed by atoms with van der Waals surface area (Å²) in [5.41, 5.74) is 1.86. The number of nitrogens with zero attached hydrogens (tertiary/aromatic N) is 3. The molecule has 1 aromatic heterocycles. The van der Waals surface area contributed by atoms with E-state index in [1.807, 2.05) is 25.6 Å². The minimum Gasteiger partial charge on any atom is -0.349 e. The van der Waals surface area contributed by atoms with Crippen molar-refractivity contribution in [2.45, 2.75) is 50.8 Å². The summed E-state index contributed by atoms with van der Waals surface area (Å²) < 4.78 is 0. The molecule has 5 heteroatoms. The van der Waals surface area contributed by atoms with Crippen LogP contribution >= 0.6 is 11.8 Å². The third-order valence-electron chi connectivity index (χ3n) is 3.41. The van der Waals surface area contributed by atoms with Crippen LogP contribution in [0.5, 0.6) is 0 Å². The number of nitrogens with one attached hydrogen (secondary N) is 1. The molecule has 0 aromatic carbocycles. The van der Waals surface area contributed by atoms with Crippen LogP contribution in [0.1, 0.15) is 37.1 Å². The lowest BCUT2D eigenvalue weighted by molar-refractivity contribution is 0.472. The standard InChI is InChI=1S/C12H20N4S/c1-8-9(2)15-16-12(13-8)14-10-6-4-5-7-11(10)17-3/h10-11H,4-7H2,1-3H3,(H,13,14,16). The normalized spacial score (nSPS) is 24.6. The second kappa shape index (κ2) is 5.67. The van der Waals surface area contributed by atoms with Crippen molar-refractivity contribution in [3.05, 3.63) is 11.4 Å². The van der Waals surface area contributed by atoms with Gasteiger partial charge in [0, 0.05) is 11.3 Å². The fourth-order valence-corrected chi connectivity index (χ4v) is 3.16. The Balaban J connectivity index is 2.05. The lowest BCUT2D eigenvalue weighted by atomic mass is 9.95. The molecule has 1 heterocycles. The third kappa shape index (κ3) is 3.09. The predicted molar refractivity (Wildman–Crippen MR) is 72.5 cm³/mol. The van der Waals surface area contributed by atoms with Gasteiger partial charge in [-0.15, -0.1) is 5.10 Å². The lowest BCUT2D eigenvalue weighted by Gasteiger charge is -2.30. The Kier molecular flexibility index (Phi) is 4.20. The summed E-state index contributed by atoms with van der Waals surface area (Å²) in [7, 11) is 0. The maximum absolute atomic E-state index is 4.44. The molecule has 0 bridgehead atoms. The van der Waals surface area contributed by atoms with Crippen molar-refractivity contribution in [1.29, 1.82) is 0 Å². The minimum absolute atomic E-state index is 0.489. The quantitative estimate of drug-likeness (QED) is 0.896. The number of anilines is 1. The van der Waals surface area contributed by atoms with E-state index in [9.17, 15) is 0 Å². The van der Waals surface area contributed by atoms with Crippen molar-refractivity contribution in [3.8, 4) is 0 Å². The molecule has 17 heavy (non-hydrogen) atoms. The number of aromatic nitrogens is 3. The van der Waals surface area contributed by atoms with Gasteiger partial charge in [0.25, 0.3) is 0 Å². The van der Waals surface area contributed by atoms with Gasteiger partial charge >= 0.3 is 0 Å². The zero-order valence-corrected chi connectivity index (χ0v) is 11.5. The van der Waals surface area contributed by atoms with E-state index >= 15 is 0 Å². The van der Waals surface area contributed by atoms with Crippen molar-refractivity contribution < 1.29 is 0 Å². The molecular formula is C12H20N4S. The fraction of sp³-hybridized carbons (Fsp3) is 0.750. The lowest BCUT2D eigenvalue weighted by Crippen LogP contribution is -2.35. The van der Waals surface area contributed by atoms with Gasteiger partial charge in [0.1, 0.15) is 0 Å². The predicted octanol–water partition coefficient (Wildman–Crippen LogP) is 2.57. The summed E-state index contributed by atoms with van der Waals surface area (Å²) in [5.74, 6) is 0.680. The Labute approximate surface area is 107 Å². The van der Waals surface area contributed by atoms with Crippen LogP contribution in [0.25, 0.3) is 0 Å². The molecule has 1 aliphatic rings. The maximum atomic E-state index is 4.44. The molecule has 1 aromatic rings. The zero-order valence-electron chi connectivity index (χ0n) is 10.7. The van der Waals surface area contributed by atoms with Gasteiger partial charge < -0.3 is 5.32 Å². The van der Waals surface area contributed by atoms with Gasteiger partial charge in [-0.05, 0) is 32.9 Å². The van der Waals surface area contributed by atoms with Crippen LogP contribution in [-0.2, 0) is 0 Å². The van der Waals surface area contributed by atoms with E-state index < -0.39 is 0 Å². The highest BCUT2D eigenvalue weighted by atomic mass is 32.2. The van der Waals surface area contributed by atoms with Gasteiger partial charge in [-0.1, -0.05) is 12.8 Å².